The van der Waals surface area contributed by atoms with Gasteiger partial charge in [0.25, 0.3) is 0 Å². The lowest BCUT2D eigenvalue weighted by Gasteiger charge is -2.16. The molecule has 1 atom stereocenters. The lowest BCUT2D eigenvalue weighted by molar-refractivity contribution is -0.128. The van der Waals surface area contributed by atoms with E-state index in [0.29, 0.717) is 41.8 Å². The summed E-state index contributed by atoms with van der Waals surface area (Å²) in [6, 6.07) is 15.2. The van der Waals surface area contributed by atoms with Crippen molar-refractivity contribution in [2.45, 2.75) is 38.8 Å². The Labute approximate surface area is 174 Å². The zero-order valence-corrected chi connectivity index (χ0v) is 17.1. The number of nitrogens with zero attached hydrogens (tertiary/aromatic N) is 3. The van der Waals surface area contributed by atoms with E-state index in [1.54, 1.807) is 6.07 Å². The van der Waals surface area contributed by atoms with Crippen LogP contribution in [-0.4, -0.2) is 33.6 Å². The van der Waals surface area contributed by atoms with Gasteiger partial charge < -0.3 is 14.2 Å². The SMILES string of the molecule is CC(C)Oc1ccc(CN2CC(c3nc(-c4ccccc4Cl)no3)CC2=O)cc1. The van der Waals surface area contributed by atoms with Gasteiger partial charge in [0.15, 0.2) is 0 Å². The molecule has 1 unspecified atom stereocenters. The van der Waals surface area contributed by atoms with Crippen LogP contribution in [-0.2, 0) is 11.3 Å². The summed E-state index contributed by atoms with van der Waals surface area (Å²) in [7, 11) is 0. The summed E-state index contributed by atoms with van der Waals surface area (Å²) >= 11 is 6.21. The highest BCUT2D eigenvalue weighted by molar-refractivity contribution is 6.33. The van der Waals surface area contributed by atoms with Crippen LogP contribution in [0.25, 0.3) is 11.4 Å². The summed E-state index contributed by atoms with van der Waals surface area (Å²) in [4.78, 5) is 18.8. The highest BCUT2D eigenvalue weighted by Gasteiger charge is 2.34. The predicted octanol–water partition coefficient (Wildman–Crippen LogP) is 4.69. The van der Waals surface area contributed by atoms with E-state index in [2.05, 4.69) is 10.1 Å². The molecule has 3 aromatic rings. The van der Waals surface area contributed by atoms with Crippen LogP contribution >= 0.6 is 11.6 Å². The summed E-state index contributed by atoms with van der Waals surface area (Å²) in [5.74, 6) is 1.70. The number of ether oxygens (including phenoxy) is 1. The van der Waals surface area contributed by atoms with E-state index in [9.17, 15) is 4.79 Å². The zero-order valence-electron chi connectivity index (χ0n) is 16.3. The first-order valence-electron chi connectivity index (χ1n) is 9.61. The first kappa shape index (κ1) is 19.5. The van der Waals surface area contributed by atoms with Gasteiger partial charge in [-0.05, 0) is 43.7 Å². The summed E-state index contributed by atoms with van der Waals surface area (Å²) in [5, 5.41) is 4.61. The van der Waals surface area contributed by atoms with E-state index in [1.807, 2.05) is 61.2 Å². The Bertz CT molecular complexity index is 1000. The third kappa shape index (κ3) is 4.43. The number of benzene rings is 2. The zero-order chi connectivity index (χ0) is 20.4. The average molecular weight is 412 g/mol. The molecule has 0 saturated carbocycles. The molecule has 1 amide bonds. The standard InChI is InChI=1S/C22H22ClN3O3/c1-14(2)28-17-9-7-15(8-10-17)12-26-13-16(11-20(26)27)22-24-21(25-29-22)18-5-3-4-6-19(18)23/h3-10,14,16H,11-13H2,1-2H3. The van der Waals surface area contributed by atoms with Crippen LogP contribution in [0, 0.1) is 0 Å². The lowest BCUT2D eigenvalue weighted by Crippen LogP contribution is -2.24. The van der Waals surface area contributed by atoms with E-state index in [4.69, 9.17) is 20.9 Å². The molecule has 1 aliphatic heterocycles. The Morgan fingerprint density at radius 1 is 1.21 bits per heavy atom. The van der Waals surface area contributed by atoms with Gasteiger partial charge >= 0.3 is 0 Å². The minimum absolute atomic E-state index is 0.0787. The van der Waals surface area contributed by atoms with E-state index in [0.717, 1.165) is 11.3 Å². The second kappa shape index (κ2) is 8.25. The molecule has 2 aromatic carbocycles. The fourth-order valence-corrected chi connectivity index (χ4v) is 3.63. The Morgan fingerprint density at radius 2 is 1.97 bits per heavy atom. The van der Waals surface area contributed by atoms with Crippen LogP contribution in [0.2, 0.25) is 5.02 Å². The summed E-state index contributed by atoms with van der Waals surface area (Å²) in [6.45, 7) is 5.08. The number of aromatic nitrogens is 2. The summed E-state index contributed by atoms with van der Waals surface area (Å²) < 4.78 is 11.1. The molecular formula is C22H22ClN3O3. The van der Waals surface area contributed by atoms with E-state index in [-0.39, 0.29) is 17.9 Å². The number of rotatable bonds is 6. The highest BCUT2D eigenvalue weighted by Crippen LogP contribution is 2.31. The van der Waals surface area contributed by atoms with Gasteiger partial charge in [-0.2, -0.15) is 4.98 Å². The number of carbonyl (C=O) groups is 1. The normalized spacial score (nSPS) is 16.6. The molecule has 1 aliphatic rings. The van der Waals surface area contributed by atoms with Crippen molar-refractivity contribution < 1.29 is 14.1 Å². The van der Waals surface area contributed by atoms with E-state index >= 15 is 0 Å². The van der Waals surface area contributed by atoms with Gasteiger partial charge in [-0.25, -0.2) is 0 Å². The largest absolute Gasteiger partial charge is 0.491 e. The molecule has 6 nitrogen and oxygen atoms in total. The second-order valence-electron chi connectivity index (χ2n) is 7.42. The third-order valence-corrected chi connectivity index (χ3v) is 5.12. The second-order valence-corrected chi connectivity index (χ2v) is 7.83. The number of hydrogen-bond acceptors (Lipinski definition) is 5. The van der Waals surface area contributed by atoms with E-state index in [1.165, 1.54) is 0 Å². The topological polar surface area (TPSA) is 68.5 Å². The molecule has 1 aromatic heterocycles. The monoisotopic (exact) mass is 411 g/mol. The maximum Gasteiger partial charge on any atom is 0.232 e. The van der Waals surface area contributed by atoms with Gasteiger partial charge in [0.1, 0.15) is 5.75 Å². The average Bonchev–Trinajstić information content (AvgIpc) is 3.31. The van der Waals surface area contributed by atoms with Crippen molar-refractivity contribution in [3.8, 4) is 17.1 Å². The molecule has 0 spiro atoms. The van der Waals surface area contributed by atoms with Crippen LogP contribution in [0.5, 0.6) is 5.75 Å². The van der Waals surface area contributed by atoms with Crippen LogP contribution in [0.1, 0.15) is 37.6 Å². The Kier molecular flexibility index (Phi) is 5.53. The van der Waals surface area contributed by atoms with Crippen molar-refractivity contribution >= 4 is 17.5 Å². The number of amides is 1. The predicted molar refractivity (Wildman–Crippen MR) is 110 cm³/mol. The van der Waals surface area contributed by atoms with Crippen molar-refractivity contribution in [1.29, 1.82) is 0 Å². The van der Waals surface area contributed by atoms with Crippen LogP contribution in [0.15, 0.2) is 53.1 Å². The van der Waals surface area contributed by atoms with Crippen molar-refractivity contribution in [3.63, 3.8) is 0 Å². The van der Waals surface area contributed by atoms with Crippen molar-refractivity contribution in [1.82, 2.24) is 15.0 Å². The molecule has 0 aliphatic carbocycles. The van der Waals surface area contributed by atoms with Crippen LogP contribution in [0.4, 0.5) is 0 Å². The molecule has 7 heteroatoms. The van der Waals surface area contributed by atoms with E-state index < -0.39 is 0 Å². The molecule has 29 heavy (non-hydrogen) atoms. The number of hydrogen-bond donors (Lipinski definition) is 0. The maximum atomic E-state index is 12.5. The Morgan fingerprint density at radius 3 is 2.69 bits per heavy atom. The van der Waals surface area contributed by atoms with Gasteiger partial charge in [0.05, 0.1) is 17.0 Å². The molecule has 0 N–H and O–H groups in total. The first-order valence-corrected chi connectivity index (χ1v) is 9.99. The quantitative estimate of drug-likeness (QED) is 0.588. The minimum Gasteiger partial charge on any atom is -0.491 e. The number of likely N-dealkylation sites (tertiary alicyclic amines) is 1. The summed E-state index contributed by atoms with van der Waals surface area (Å²) in [6.07, 6.45) is 0.491. The fraction of sp³-hybridized carbons (Fsp3) is 0.318. The molecule has 1 saturated heterocycles. The van der Waals surface area contributed by atoms with Crippen LogP contribution in [0.3, 0.4) is 0 Å². The lowest BCUT2D eigenvalue weighted by atomic mass is 10.1. The molecule has 4 rings (SSSR count). The van der Waals surface area contributed by atoms with Crippen molar-refractivity contribution in [3.05, 3.63) is 65.0 Å². The molecule has 0 radical (unpaired) electrons. The molecular weight excluding hydrogens is 390 g/mol. The molecule has 0 bridgehead atoms. The maximum absolute atomic E-state index is 12.5. The van der Waals surface area contributed by atoms with Gasteiger partial charge in [-0.1, -0.05) is 41.0 Å². The smallest absolute Gasteiger partial charge is 0.232 e. The Hall–Kier alpha value is -2.86. The first-order chi connectivity index (χ1) is 14.0. The fourth-order valence-electron chi connectivity index (χ4n) is 3.41. The van der Waals surface area contributed by atoms with Gasteiger partial charge in [-0.15, -0.1) is 0 Å². The van der Waals surface area contributed by atoms with Crippen molar-refractivity contribution in [2.24, 2.45) is 0 Å². The third-order valence-electron chi connectivity index (χ3n) is 4.79. The molecule has 2 heterocycles. The number of carbonyl (C=O) groups excluding carboxylic acids is 1. The van der Waals surface area contributed by atoms with Crippen LogP contribution < -0.4 is 4.74 Å². The molecule has 150 valence electrons. The van der Waals surface area contributed by atoms with Gasteiger partial charge in [0, 0.05) is 25.1 Å². The molecule has 1 fully saturated rings. The Balaban J connectivity index is 1.43. The van der Waals surface area contributed by atoms with Gasteiger partial charge in [0.2, 0.25) is 17.6 Å². The van der Waals surface area contributed by atoms with Gasteiger partial charge in [-0.3, -0.25) is 4.79 Å². The number of halogens is 1. The minimum atomic E-state index is -0.116. The summed E-state index contributed by atoms with van der Waals surface area (Å²) in [5.41, 5.74) is 1.77. The van der Waals surface area contributed by atoms with Crippen molar-refractivity contribution in [2.75, 3.05) is 6.54 Å². The highest BCUT2D eigenvalue weighted by atomic mass is 35.5.